The minimum atomic E-state index is 0.537. The normalized spacial score (nSPS) is 15.7. The maximum absolute atomic E-state index is 5.84. The van der Waals surface area contributed by atoms with E-state index >= 15 is 0 Å². The predicted octanol–water partition coefficient (Wildman–Crippen LogP) is 2.57. The van der Waals surface area contributed by atoms with E-state index in [0.717, 1.165) is 48.9 Å². The Bertz CT molecular complexity index is 554. The van der Waals surface area contributed by atoms with Crippen LogP contribution >= 0.6 is 0 Å². The van der Waals surface area contributed by atoms with Gasteiger partial charge < -0.3 is 19.9 Å². The summed E-state index contributed by atoms with van der Waals surface area (Å²) in [7, 11) is 4.01. The fraction of sp³-hybridized carbons (Fsp3) is 0.368. The van der Waals surface area contributed by atoms with Crippen LogP contribution in [0.25, 0.3) is 6.08 Å². The van der Waals surface area contributed by atoms with Crippen molar-refractivity contribution in [3.63, 3.8) is 0 Å². The molecular weight excluding hydrogens is 286 g/mol. The minimum absolute atomic E-state index is 0.537. The molecule has 1 aliphatic heterocycles. The lowest BCUT2D eigenvalue weighted by Crippen LogP contribution is -2.44. The third-order valence-corrected chi connectivity index (χ3v) is 4.03. The van der Waals surface area contributed by atoms with E-state index in [4.69, 9.17) is 4.74 Å². The second-order valence-electron chi connectivity index (χ2n) is 5.82. The Hall–Kier alpha value is -2.20. The van der Waals surface area contributed by atoms with Crippen LogP contribution in [0.5, 0.6) is 5.75 Å². The van der Waals surface area contributed by atoms with Gasteiger partial charge in [0.1, 0.15) is 12.4 Å². The highest BCUT2D eigenvalue weighted by Gasteiger charge is 2.15. The molecule has 1 N–H and O–H groups in total. The third kappa shape index (κ3) is 5.49. The molecule has 0 saturated carbocycles. The van der Waals surface area contributed by atoms with Crippen LogP contribution in [-0.4, -0.2) is 56.7 Å². The summed E-state index contributed by atoms with van der Waals surface area (Å²) in [5.41, 5.74) is 3.05. The van der Waals surface area contributed by atoms with E-state index in [1.807, 2.05) is 43.5 Å². The minimum Gasteiger partial charge on any atom is -0.487 e. The summed E-state index contributed by atoms with van der Waals surface area (Å²) in [6.07, 6.45) is 3.97. The molecule has 0 amide bonds. The van der Waals surface area contributed by atoms with E-state index in [0.29, 0.717) is 6.61 Å². The van der Waals surface area contributed by atoms with E-state index in [1.165, 1.54) is 0 Å². The molecule has 1 aromatic carbocycles. The first-order valence-electron chi connectivity index (χ1n) is 7.97. The average Bonchev–Trinajstić information content (AvgIpc) is 2.59. The Morgan fingerprint density at radius 3 is 2.43 bits per heavy atom. The van der Waals surface area contributed by atoms with Gasteiger partial charge in [-0.25, -0.2) is 0 Å². The SMILES string of the molecule is C=C(/C=C/c1ccc(OCC(=C)N2CCN(C)CC2)cc1)NC. The Morgan fingerprint density at radius 2 is 1.83 bits per heavy atom. The van der Waals surface area contributed by atoms with Gasteiger partial charge in [-0.3, -0.25) is 0 Å². The lowest BCUT2D eigenvalue weighted by Gasteiger charge is -2.35. The summed E-state index contributed by atoms with van der Waals surface area (Å²) < 4.78 is 5.84. The molecule has 23 heavy (non-hydrogen) atoms. The van der Waals surface area contributed by atoms with Crippen LogP contribution in [0.2, 0.25) is 0 Å². The molecule has 0 bridgehead atoms. The van der Waals surface area contributed by atoms with Gasteiger partial charge in [-0.05, 0) is 30.8 Å². The Labute approximate surface area is 139 Å². The van der Waals surface area contributed by atoms with E-state index in [2.05, 4.69) is 35.3 Å². The largest absolute Gasteiger partial charge is 0.487 e. The molecule has 4 heteroatoms. The molecule has 1 aromatic rings. The number of rotatable bonds is 7. The third-order valence-electron chi connectivity index (χ3n) is 4.03. The van der Waals surface area contributed by atoms with Gasteiger partial charge in [0.15, 0.2) is 0 Å². The zero-order valence-electron chi connectivity index (χ0n) is 14.2. The highest BCUT2D eigenvalue weighted by molar-refractivity contribution is 5.53. The summed E-state index contributed by atoms with van der Waals surface area (Å²) >= 11 is 0. The maximum Gasteiger partial charge on any atom is 0.127 e. The highest BCUT2D eigenvalue weighted by Crippen LogP contribution is 2.15. The molecule has 0 radical (unpaired) electrons. The van der Waals surface area contributed by atoms with Crippen molar-refractivity contribution in [3.05, 3.63) is 60.5 Å². The van der Waals surface area contributed by atoms with Gasteiger partial charge in [-0.2, -0.15) is 0 Å². The van der Waals surface area contributed by atoms with Crippen molar-refractivity contribution in [2.24, 2.45) is 0 Å². The monoisotopic (exact) mass is 313 g/mol. The summed E-state index contributed by atoms with van der Waals surface area (Å²) in [4.78, 5) is 4.64. The van der Waals surface area contributed by atoms with Gasteiger partial charge in [0.05, 0.1) is 0 Å². The van der Waals surface area contributed by atoms with Gasteiger partial charge in [0.2, 0.25) is 0 Å². The quantitative estimate of drug-likeness (QED) is 0.783. The predicted molar refractivity (Wildman–Crippen MR) is 97.4 cm³/mol. The van der Waals surface area contributed by atoms with Gasteiger partial charge in [-0.1, -0.05) is 31.4 Å². The molecule has 4 nitrogen and oxygen atoms in total. The molecule has 1 fully saturated rings. The lowest BCUT2D eigenvalue weighted by atomic mass is 10.2. The van der Waals surface area contributed by atoms with Crippen molar-refractivity contribution in [2.45, 2.75) is 0 Å². The molecule has 0 aromatic heterocycles. The standard InChI is InChI=1S/C19H27N3O/c1-16(20-3)5-6-18-7-9-19(10-8-18)23-15-17(2)22-13-11-21(4)12-14-22/h5-10,20H,1-2,11-15H2,3-4H3/b6-5+. The van der Waals surface area contributed by atoms with Crippen LogP contribution in [0.4, 0.5) is 0 Å². The number of hydrogen-bond donors (Lipinski definition) is 1. The van der Waals surface area contributed by atoms with Crippen molar-refractivity contribution >= 4 is 6.08 Å². The fourth-order valence-electron chi connectivity index (χ4n) is 2.34. The molecule has 0 spiro atoms. The van der Waals surface area contributed by atoms with Crippen molar-refractivity contribution in [3.8, 4) is 5.75 Å². The summed E-state index contributed by atoms with van der Waals surface area (Å²) in [5.74, 6) is 0.866. The van der Waals surface area contributed by atoms with E-state index < -0.39 is 0 Å². The molecule has 0 unspecified atom stereocenters. The van der Waals surface area contributed by atoms with Crippen molar-refractivity contribution < 1.29 is 4.74 Å². The average molecular weight is 313 g/mol. The second kappa shape index (κ2) is 8.44. The topological polar surface area (TPSA) is 27.7 Å². The number of nitrogens with zero attached hydrogens (tertiary/aromatic N) is 2. The molecule has 1 heterocycles. The zero-order valence-corrected chi connectivity index (χ0v) is 14.2. The van der Waals surface area contributed by atoms with Gasteiger partial charge >= 0.3 is 0 Å². The molecule has 0 atom stereocenters. The van der Waals surface area contributed by atoms with Crippen LogP contribution in [0.3, 0.4) is 0 Å². The Morgan fingerprint density at radius 1 is 1.17 bits per heavy atom. The van der Waals surface area contributed by atoms with Crippen molar-refractivity contribution in [1.82, 2.24) is 15.1 Å². The van der Waals surface area contributed by atoms with Crippen LogP contribution in [-0.2, 0) is 0 Å². The molecule has 1 aliphatic rings. The summed E-state index contributed by atoms with van der Waals surface area (Å²) in [5, 5.41) is 2.99. The van der Waals surface area contributed by atoms with Crippen LogP contribution in [0, 0.1) is 0 Å². The number of hydrogen-bond acceptors (Lipinski definition) is 4. The summed E-state index contributed by atoms with van der Waals surface area (Å²) in [6, 6.07) is 8.04. The number of benzene rings is 1. The zero-order chi connectivity index (χ0) is 16.7. The highest BCUT2D eigenvalue weighted by atomic mass is 16.5. The fourth-order valence-corrected chi connectivity index (χ4v) is 2.34. The Kier molecular flexibility index (Phi) is 6.29. The second-order valence-corrected chi connectivity index (χ2v) is 5.82. The molecule has 124 valence electrons. The lowest BCUT2D eigenvalue weighted by molar-refractivity contribution is 0.170. The maximum atomic E-state index is 5.84. The van der Waals surface area contributed by atoms with E-state index in [9.17, 15) is 0 Å². The van der Waals surface area contributed by atoms with E-state index in [-0.39, 0.29) is 0 Å². The first kappa shape index (κ1) is 17.2. The number of nitrogens with one attached hydrogen (secondary N) is 1. The molecular formula is C19H27N3O. The summed E-state index contributed by atoms with van der Waals surface area (Å²) in [6.45, 7) is 12.8. The van der Waals surface area contributed by atoms with Crippen LogP contribution in [0.1, 0.15) is 5.56 Å². The smallest absolute Gasteiger partial charge is 0.127 e. The van der Waals surface area contributed by atoms with Crippen molar-refractivity contribution in [1.29, 1.82) is 0 Å². The van der Waals surface area contributed by atoms with Crippen LogP contribution < -0.4 is 10.1 Å². The van der Waals surface area contributed by atoms with Crippen molar-refractivity contribution in [2.75, 3.05) is 46.9 Å². The molecule has 0 aliphatic carbocycles. The Balaban J connectivity index is 1.80. The number of piperazine rings is 1. The first-order valence-corrected chi connectivity index (χ1v) is 7.97. The van der Waals surface area contributed by atoms with Crippen LogP contribution in [0.15, 0.2) is 54.9 Å². The van der Waals surface area contributed by atoms with E-state index in [1.54, 1.807) is 0 Å². The number of allylic oxidation sites excluding steroid dienone is 1. The first-order chi connectivity index (χ1) is 11.1. The van der Waals surface area contributed by atoms with Gasteiger partial charge in [0.25, 0.3) is 0 Å². The van der Waals surface area contributed by atoms with Gasteiger partial charge in [0, 0.05) is 44.6 Å². The van der Waals surface area contributed by atoms with Gasteiger partial charge in [-0.15, -0.1) is 0 Å². The molecule has 2 rings (SSSR count). The molecule has 1 saturated heterocycles. The number of likely N-dealkylation sites (N-methyl/N-ethyl adjacent to an activating group) is 2. The number of ether oxygens (including phenoxy) is 1.